The van der Waals surface area contributed by atoms with E-state index in [9.17, 15) is 13.2 Å². The van der Waals surface area contributed by atoms with Crippen LogP contribution in [0.1, 0.15) is 39.2 Å². The number of carbonyl (C=O) groups excluding carboxylic acids is 1. The van der Waals surface area contributed by atoms with E-state index in [0.29, 0.717) is 6.61 Å². The van der Waals surface area contributed by atoms with Crippen molar-refractivity contribution in [3.63, 3.8) is 0 Å². The molecule has 0 aliphatic carbocycles. The largest absolute Gasteiger partial charge is 0.493 e. The molecule has 0 bridgehead atoms. The number of aldehydes is 1. The van der Waals surface area contributed by atoms with E-state index in [-0.39, 0.29) is 5.41 Å². The van der Waals surface area contributed by atoms with Crippen molar-refractivity contribution in [1.29, 1.82) is 0 Å². The number of alkyl halides is 3. The maximum absolute atomic E-state index is 10.4. The molecule has 1 aromatic rings. The van der Waals surface area contributed by atoms with Crippen molar-refractivity contribution >= 4 is 22.2 Å². The lowest BCUT2D eigenvalue weighted by molar-refractivity contribution is -0.156. The van der Waals surface area contributed by atoms with Gasteiger partial charge in [-0.15, -0.1) is 0 Å². The molecule has 0 aliphatic rings. The lowest BCUT2D eigenvalue weighted by Crippen LogP contribution is -2.20. The van der Waals surface area contributed by atoms with Crippen molar-refractivity contribution in [3.05, 3.63) is 28.2 Å². The Bertz CT molecular complexity index is 505. The van der Waals surface area contributed by atoms with Gasteiger partial charge in [0.05, 0.1) is 11.1 Å². The number of hydrogen-bond donors (Lipinski definition) is 1. The molecule has 1 aromatic carbocycles. The van der Waals surface area contributed by atoms with E-state index in [1.807, 2.05) is 14.0 Å². The van der Waals surface area contributed by atoms with E-state index in [0.717, 1.165) is 16.8 Å². The van der Waals surface area contributed by atoms with Crippen LogP contribution < -0.4 is 10.1 Å². The Morgan fingerprint density at radius 3 is 2.33 bits per heavy atom. The first kappa shape index (κ1) is 22.9. The Morgan fingerprint density at radius 2 is 1.88 bits per heavy atom. The first-order valence-electron chi connectivity index (χ1n) is 7.68. The Labute approximate surface area is 150 Å². The van der Waals surface area contributed by atoms with Gasteiger partial charge in [0.1, 0.15) is 5.75 Å². The minimum Gasteiger partial charge on any atom is -0.493 e. The third-order valence-electron chi connectivity index (χ3n) is 3.37. The summed E-state index contributed by atoms with van der Waals surface area (Å²) in [6.07, 6.45) is -3.35. The Morgan fingerprint density at radius 1 is 1.29 bits per heavy atom. The van der Waals surface area contributed by atoms with Crippen LogP contribution in [0.4, 0.5) is 13.2 Å². The molecule has 0 unspecified atom stereocenters. The van der Waals surface area contributed by atoms with Gasteiger partial charge >= 0.3 is 6.18 Å². The van der Waals surface area contributed by atoms with E-state index in [1.54, 1.807) is 0 Å². The molecule has 0 heterocycles. The van der Waals surface area contributed by atoms with Gasteiger partial charge in [-0.25, -0.2) is 0 Å². The van der Waals surface area contributed by atoms with Crippen molar-refractivity contribution in [2.75, 3.05) is 20.2 Å². The minimum atomic E-state index is -4.64. The highest BCUT2D eigenvalue weighted by Gasteiger charge is 2.25. The van der Waals surface area contributed by atoms with Crippen LogP contribution in [0.2, 0.25) is 0 Å². The summed E-state index contributed by atoms with van der Waals surface area (Å²) in [5.41, 5.74) is 1.52. The molecule has 0 saturated heterocycles. The Kier molecular flexibility index (Phi) is 10.2. The molecular formula is C17H25BrF3NO2. The quantitative estimate of drug-likeness (QED) is 0.513. The first-order valence-corrected chi connectivity index (χ1v) is 8.47. The fraction of sp³-hybridized carbons (Fsp3) is 0.588. The summed E-state index contributed by atoms with van der Waals surface area (Å²) in [5.74, 6) is 0.941. The lowest BCUT2D eigenvalue weighted by atomic mass is 9.80. The molecule has 0 fully saturated rings. The van der Waals surface area contributed by atoms with Gasteiger partial charge in [-0.3, -0.25) is 4.79 Å². The van der Waals surface area contributed by atoms with Crippen molar-refractivity contribution in [1.82, 2.24) is 5.32 Å². The molecular weight excluding hydrogens is 387 g/mol. The van der Waals surface area contributed by atoms with Crippen LogP contribution >= 0.6 is 15.9 Å². The zero-order chi connectivity index (χ0) is 18.8. The normalized spacial score (nSPS) is 11.5. The van der Waals surface area contributed by atoms with Crippen molar-refractivity contribution in [3.8, 4) is 5.75 Å². The standard InChI is InChI=1S/C15H24BrNO.C2HF3O/c1-5-18-14-11-12(7-8-13(14)16)15(2,3)9-6-10-17-4;3-2(4,5)1-6/h7-8,11,17H,5-6,9-10H2,1-4H3;1H. The number of hydrogen-bond acceptors (Lipinski definition) is 3. The maximum Gasteiger partial charge on any atom is 0.446 e. The van der Waals surface area contributed by atoms with E-state index < -0.39 is 12.5 Å². The average molecular weight is 412 g/mol. The summed E-state index contributed by atoms with van der Waals surface area (Å²) in [4.78, 5) is 8.70. The van der Waals surface area contributed by atoms with Gasteiger partial charge < -0.3 is 10.1 Å². The molecule has 7 heteroatoms. The molecule has 138 valence electrons. The summed E-state index contributed by atoms with van der Waals surface area (Å²) in [6.45, 7) is 8.36. The second kappa shape index (κ2) is 10.7. The molecule has 0 saturated carbocycles. The van der Waals surface area contributed by atoms with Gasteiger partial charge in [-0.1, -0.05) is 19.9 Å². The number of ether oxygens (including phenoxy) is 1. The van der Waals surface area contributed by atoms with Crippen LogP contribution in [0.15, 0.2) is 22.7 Å². The Balaban J connectivity index is 0.000000754. The fourth-order valence-corrected chi connectivity index (χ4v) is 2.40. The van der Waals surface area contributed by atoms with Gasteiger partial charge in [0.2, 0.25) is 6.29 Å². The minimum absolute atomic E-state index is 0.184. The van der Waals surface area contributed by atoms with Crippen LogP contribution in [0, 0.1) is 0 Å². The lowest BCUT2D eigenvalue weighted by Gasteiger charge is -2.26. The van der Waals surface area contributed by atoms with Crippen LogP contribution in [0.5, 0.6) is 5.75 Å². The third-order valence-corrected chi connectivity index (χ3v) is 4.03. The van der Waals surface area contributed by atoms with Crippen LogP contribution in [0.25, 0.3) is 0 Å². The van der Waals surface area contributed by atoms with Gasteiger partial charge in [0.25, 0.3) is 0 Å². The zero-order valence-electron chi connectivity index (χ0n) is 14.5. The molecule has 24 heavy (non-hydrogen) atoms. The molecule has 0 aromatic heterocycles. The van der Waals surface area contributed by atoms with Gasteiger partial charge in [0.15, 0.2) is 0 Å². The first-order chi connectivity index (χ1) is 11.1. The smallest absolute Gasteiger partial charge is 0.446 e. The number of rotatable bonds is 7. The Hall–Kier alpha value is -1.08. The van der Waals surface area contributed by atoms with E-state index >= 15 is 0 Å². The summed E-state index contributed by atoms with van der Waals surface area (Å²) >= 11 is 3.53. The molecule has 1 N–H and O–H groups in total. The maximum atomic E-state index is 10.4. The van der Waals surface area contributed by atoms with Gasteiger partial charge in [-0.05, 0) is 72.4 Å². The number of nitrogens with one attached hydrogen (secondary N) is 1. The molecule has 3 nitrogen and oxygen atoms in total. The second-order valence-corrected chi connectivity index (χ2v) is 6.68. The SMILES string of the molecule is CCOc1cc(C(C)(C)CCCNC)ccc1Br.O=CC(F)(F)F. The molecule has 0 spiro atoms. The van der Waals surface area contributed by atoms with Crippen LogP contribution in [0.3, 0.4) is 0 Å². The monoisotopic (exact) mass is 411 g/mol. The average Bonchev–Trinajstić information content (AvgIpc) is 2.49. The summed E-state index contributed by atoms with van der Waals surface area (Å²) in [6, 6.07) is 6.43. The molecule has 1 rings (SSSR count). The van der Waals surface area contributed by atoms with Crippen molar-refractivity contribution in [2.24, 2.45) is 0 Å². The van der Waals surface area contributed by atoms with E-state index in [4.69, 9.17) is 9.53 Å². The zero-order valence-corrected chi connectivity index (χ0v) is 16.1. The number of benzene rings is 1. The molecule has 0 aliphatic heterocycles. The highest BCUT2D eigenvalue weighted by molar-refractivity contribution is 9.10. The van der Waals surface area contributed by atoms with Gasteiger partial charge in [-0.2, -0.15) is 13.2 Å². The number of carbonyl (C=O) groups is 1. The highest BCUT2D eigenvalue weighted by atomic mass is 79.9. The predicted octanol–water partition coefficient (Wildman–Crippen LogP) is 4.87. The van der Waals surface area contributed by atoms with E-state index in [2.05, 4.69) is 53.3 Å². The fourth-order valence-electron chi connectivity index (χ4n) is 2.04. The van der Waals surface area contributed by atoms with Crippen LogP contribution in [-0.4, -0.2) is 32.7 Å². The van der Waals surface area contributed by atoms with Crippen LogP contribution in [-0.2, 0) is 10.2 Å². The molecule has 0 atom stereocenters. The molecule has 0 radical (unpaired) electrons. The predicted molar refractivity (Wildman–Crippen MR) is 93.6 cm³/mol. The number of halogens is 4. The topological polar surface area (TPSA) is 38.3 Å². The summed E-state index contributed by atoms with van der Waals surface area (Å²) in [7, 11) is 2.00. The van der Waals surface area contributed by atoms with Gasteiger partial charge in [0, 0.05) is 0 Å². The highest BCUT2D eigenvalue weighted by Crippen LogP contribution is 2.34. The summed E-state index contributed by atoms with van der Waals surface area (Å²) < 4.78 is 37.9. The second-order valence-electron chi connectivity index (χ2n) is 5.83. The van der Waals surface area contributed by atoms with E-state index in [1.165, 1.54) is 18.4 Å². The summed E-state index contributed by atoms with van der Waals surface area (Å²) in [5, 5.41) is 3.20. The van der Waals surface area contributed by atoms with Crippen molar-refractivity contribution in [2.45, 2.75) is 45.2 Å². The third kappa shape index (κ3) is 9.27. The molecule has 0 amide bonds. The van der Waals surface area contributed by atoms with Crippen molar-refractivity contribution < 1.29 is 22.7 Å².